The molecule has 2 aromatic rings. The van der Waals surface area contributed by atoms with E-state index in [0.717, 1.165) is 24.8 Å². The van der Waals surface area contributed by atoms with E-state index in [1.807, 2.05) is 12.1 Å². The number of sulfonamides is 1. The molecule has 0 saturated carbocycles. The molecule has 1 aliphatic heterocycles. The number of anilines is 1. The Balaban J connectivity index is 1.67. The van der Waals surface area contributed by atoms with Gasteiger partial charge in [-0.05, 0) is 66.6 Å². The van der Waals surface area contributed by atoms with Gasteiger partial charge in [-0.25, -0.2) is 8.42 Å². The Morgan fingerprint density at radius 1 is 1.03 bits per heavy atom. The van der Waals surface area contributed by atoms with Crippen LogP contribution in [0.1, 0.15) is 69.3 Å². The van der Waals surface area contributed by atoms with E-state index in [9.17, 15) is 18.0 Å². The highest BCUT2D eigenvalue weighted by molar-refractivity contribution is 7.92. The summed E-state index contributed by atoms with van der Waals surface area (Å²) in [7, 11) is -3.75. The molecule has 2 aromatic carbocycles. The Morgan fingerprint density at radius 2 is 1.68 bits per heavy atom. The smallest absolute Gasteiger partial charge is 0.261 e. The van der Waals surface area contributed by atoms with Crippen LogP contribution in [0.5, 0.6) is 0 Å². The molecule has 0 radical (unpaired) electrons. The highest BCUT2D eigenvalue weighted by atomic mass is 32.2. The zero-order chi connectivity index (χ0) is 24.9. The van der Waals surface area contributed by atoms with Crippen molar-refractivity contribution in [3.05, 3.63) is 59.7 Å². The van der Waals surface area contributed by atoms with E-state index in [-0.39, 0.29) is 22.1 Å². The number of nitrogens with one attached hydrogen (secondary N) is 2. The average molecular weight is 486 g/mol. The summed E-state index contributed by atoms with van der Waals surface area (Å²) in [4.78, 5) is 27.3. The normalized spacial score (nSPS) is 16.4. The molecule has 1 heterocycles. The lowest BCUT2D eigenvalue weighted by Crippen LogP contribution is -2.46. The van der Waals surface area contributed by atoms with E-state index in [0.29, 0.717) is 30.8 Å². The third kappa shape index (κ3) is 6.17. The lowest BCUT2D eigenvalue weighted by Gasteiger charge is -2.24. The lowest BCUT2D eigenvalue weighted by atomic mass is 9.87. The number of unbranched alkanes of at least 4 members (excludes halogenated alkanes) is 1. The fourth-order valence-corrected chi connectivity index (χ4v) is 5.04. The first-order valence-electron chi connectivity index (χ1n) is 11.8. The van der Waals surface area contributed by atoms with Crippen molar-refractivity contribution in [1.29, 1.82) is 0 Å². The molecule has 8 heteroatoms. The van der Waals surface area contributed by atoms with Crippen molar-refractivity contribution in [2.75, 3.05) is 17.8 Å². The molecule has 34 heavy (non-hydrogen) atoms. The minimum atomic E-state index is -3.75. The summed E-state index contributed by atoms with van der Waals surface area (Å²) in [6.45, 7) is 9.41. The molecule has 1 saturated heterocycles. The summed E-state index contributed by atoms with van der Waals surface area (Å²) in [5, 5.41) is 2.91. The second kappa shape index (κ2) is 10.6. The van der Waals surface area contributed by atoms with Gasteiger partial charge in [-0.15, -0.1) is 0 Å². The maximum atomic E-state index is 13.0. The van der Waals surface area contributed by atoms with E-state index in [1.54, 1.807) is 41.3 Å². The largest absolute Gasteiger partial charge is 0.354 e. The number of carbonyl (C=O) groups excluding carboxylic acids is 2. The SMILES string of the molecule is CCCCNC(=O)[C@@H]1CCCN1C(=O)c1ccc(NS(=O)(=O)c2ccc(C(C)(C)C)cc2)cc1. The average Bonchev–Trinajstić information content (AvgIpc) is 3.28. The topological polar surface area (TPSA) is 95.6 Å². The van der Waals surface area contributed by atoms with Crippen LogP contribution in [0.25, 0.3) is 0 Å². The highest BCUT2D eigenvalue weighted by Gasteiger charge is 2.34. The van der Waals surface area contributed by atoms with E-state index >= 15 is 0 Å². The molecule has 0 aliphatic carbocycles. The van der Waals surface area contributed by atoms with Gasteiger partial charge in [-0.1, -0.05) is 46.2 Å². The van der Waals surface area contributed by atoms with E-state index in [4.69, 9.17) is 0 Å². The van der Waals surface area contributed by atoms with Gasteiger partial charge in [0.25, 0.3) is 15.9 Å². The first-order chi connectivity index (χ1) is 16.0. The number of amides is 2. The van der Waals surface area contributed by atoms with Gasteiger partial charge in [-0.3, -0.25) is 14.3 Å². The van der Waals surface area contributed by atoms with Gasteiger partial charge in [-0.2, -0.15) is 0 Å². The molecule has 0 bridgehead atoms. The Kier molecular flexibility index (Phi) is 8.02. The zero-order valence-electron chi connectivity index (χ0n) is 20.4. The van der Waals surface area contributed by atoms with Crippen molar-refractivity contribution in [3.63, 3.8) is 0 Å². The van der Waals surface area contributed by atoms with Crippen LogP contribution in [0.4, 0.5) is 5.69 Å². The number of hydrogen-bond acceptors (Lipinski definition) is 4. The van der Waals surface area contributed by atoms with Crippen molar-refractivity contribution in [2.45, 2.75) is 69.7 Å². The zero-order valence-corrected chi connectivity index (χ0v) is 21.2. The van der Waals surface area contributed by atoms with Crippen LogP contribution < -0.4 is 10.0 Å². The summed E-state index contributed by atoms with van der Waals surface area (Å²) in [5.41, 5.74) is 1.77. The number of likely N-dealkylation sites (tertiary alicyclic amines) is 1. The van der Waals surface area contributed by atoms with Crippen LogP contribution in [0.3, 0.4) is 0 Å². The number of hydrogen-bond donors (Lipinski definition) is 2. The number of carbonyl (C=O) groups is 2. The maximum absolute atomic E-state index is 13.0. The van der Waals surface area contributed by atoms with E-state index in [2.05, 4.69) is 37.7 Å². The Morgan fingerprint density at radius 3 is 2.26 bits per heavy atom. The Hall–Kier alpha value is -2.87. The minimum Gasteiger partial charge on any atom is -0.354 e. The van der Waals surface area contributed by atoms with Gasteiger partial charge in [0.2, 0.25) is 5.91 Å². The molecular weight excluding hydrogens is 450 g/mol. The van der Waals surface area contributed by atoms with Crippen molar-refractivity contribution in [2.24, 2.45) is 0 Å². The Labute approximate surface area is 203 Å². The molecule has 0 spiro atoms. The first-order valence-corrected chi connectivity index (χ1v) is 13.3. The predicted octanol–water partition coefficient (Wildman–Crippen LogP) is 4.31. The second-order valence-electron chi connectivity index (χ2n) is 9.76. The fraction of sp³-hybridized carbons (Fsp3) is 0.462. The van der Waals surface area contributed by atoms with E-state index < -0.39 is 16.1 Å². The molecule has 1 aliphatic rings. The highest BCUT2D eigenvalue weighted by Crippen LogP contribution is 2.25. The molecule has 7 nitrogen and oxygen atoms in total. The molecule has 3 rings (SSSR count). The lowest BCUT2D eigenvalue weighted by molar-refractivity contribution is -0.124. The standard InChI is InChI=1S/C26H35N3O4S/c1-5-6-17-27-24(30)23-8-7-18-29(23)25(31)19-9-13-21(14-10-19)28-34(32,33)22-15-11-20(12-16-22)26(2,3)4/h9-16,23,28H,5-8,17-18H2,1-4H3,(H,27,30)/t23-/m0/s1. The van der Waals surface area contributed by atoms with Gasteiger partial charge in [0, 0.05) is 24.3 Å². The summed E-state index contributed by atoms with van der Waals surface area (Å²) < 4.78 is 28.1. The summed E-state index contributed by atoms with van der Waals surface area (Å²) in [6.07, 6.45) is 3.33. The molecule has 184 valence electrons. The van der Waals surface area contributed by atoms with Gasteiger partial charge in [0.1, 0.15) is 6.04 Å². The summed E-state index contributed by atoms with van der Waals surface area (Å²) >= 11 is 0. The molecule has 1 atom stereocenters. The predicted molar refractivity (Wildman–Crippen MR) is 134 cm³/mol. The quantitative estimate of drug-likeness (QED) is 0.545. The molecule has 0 aromatic heterocycles. The van der Waals surface area contributed by atoms with Gasteiger partial charge in [0.15, 0.2) is 0 Å². The van der Waals surface area contributed by atoms with Crippen LogP contribution >= 0.6 is 0 Å². The van der Waals surface area contributed by atoms with Gasteiger partial charge in [0.05, 0.1) is 4.90 Å². The Bertz CT molecular complexity index is 1100. The fourth-order valence-electron chi connectivity index (χ4n) is 3.98. The molecule has 2 N–H and O–H groups in total. The van der Waals surface area contributed by atoms with Crippen LogP contribution in [0.15, 0.2) is 53.4 Å². The van der Waals surface area contributed by atoms with Crippen molar-refractivity contribution < 1.29 is 18.0 Å². The summed E-state index contributed by atoms with van der Waals surface area (Å²) in [6, 6.07) is 12.7. The third-order valence-electron chi connectivity index (χ3n) is 6.06. The summed E-state index contributed by atoms with van der Waals surface area (Å²) in [5.74, 6) is -0.332. The number of nitrogens with zero attached hydrogens (tertiary/aromatic N) is 1. The van der Waals surface area contributed by atoms with Crippen LogP contribution in [-0.4, -0.2) is 44.3 Å². The number of rotatable bonds is 8. The molecule has 0 unspecified atom stereocenters. The molecular formula is C26H35N3O4S. The van der Waals surface area contributed by atoms with Crippen LogP contribution in [0, 0.1) is 0 Å². The minimum absolute atomic E-state index is 0.0668. The first kappa shape index (κ1) is 25.7. The third-order valence-corrected chi connectivity index (χ3v) is 7.46. The molecule has 2 amide bonds. The monoisotopic (exact) mass is 485 g/mol. The maximum Gasteiger partial charge on any atom is 0.261 e. The van der Waals surface area contributed by atoms with Crippen molar-refractivity contribution in [3.8, 4) is 0 Å². The van der Waals surface area contributed by atoms with Crippen molar-refractivity contribution >= 4 is 27.5 Å². The van der Waals surface area contributed by atoms with Crippen molar-refractivity contribution in [1.82, 2.24) is 10.2 Å². The second-order valence-corrected chi connectivity index (χ2v) is 11.4. The van der Waals surface area contributed by atoms with Gasteiger partial charge >= 0.3 is 0 Å². The van der Waals surface area contributed by atoms with Crippen LogP contribution in [0.2, 0.25) is 0 Å². The van der Waals surface area contributed by atoms with Crippen LogP contribution in [-0.2, 0) is 20.2 Å². The van der Waals surface area contributed by atoms with E-state index in [1.165, 1.54) is 0 Å². The molecule has 1 fully saturated rings. The number of benzene rings is 2. The van der Waals surface area contributed by atoms with Gasteiger partial charge < -0.3 is 10.2 Å².